The van der Waals surface area contributed by atoms with Crippen molar-refractivity contribution in [2.75, 3.05) is 0 Å². The number of hydrogen-bond acceptors (Lipinski definition) is 2. The van der Waals surface area contributed by atoms with Gasteiger partial charge in [-0.1, -0.05) is 29.8 Å². The van der Waals surface area contributed by atoms with Crippen molar-refractivity contribution >= 4 is 23.2 Å². The van der Waals surface area contributed by atoms with Crippen LogP contribution in [0.3, 0.4) is 0 Å². The van der Waals surface area contributed by atoms with E-state index in [1.807, 2.05) is 34.7 Å². The lowest BCUT2D eigenvalue weighted by Crippen LogP contribution is -2.17. The molecule has 0 aliphatic heterocycles. The van der Waals surface area contributed by atoms with Gasteiger partial charge in [-0.3, -0.25) is 4.79 Å². The normalized spacial score (nSPS) is 12.4. The molecular formula is C16H13ClN2O2. The van der Waals surface area contributed by atoms with Crippen LogP contribution in [0.2, 0.25) is 5.02 Å². The minimum atomic E-state index is -0.865. The number of imidazole rings is 1. The van der Waals surface area contributed by atoms with Gasteiger partial charge in [-0.2, -0.15) is 0 Å². The van der Waals surface area contributed by atoms with E-state index in [0.717, 1.165) is 11.2 Å². The van der Waals surface area contributed by atoms with Crippen LogP contribution in [0.25, 0.3) is 5.65 Å². The summed E-state index contributed by atoms with van der Waals surface area (Å²) < 4.78 is 1.81. The lowest BCUT2D eigenvalue weighted by molar-refractivity contribution is -0.138. The van der Waals surface area contributed by atoms with Gasteiger partial charge in [0.2, 0.25) is 0 Å². The molecule has 0 spiro atoms. The first-order valence-electron chi connectivity index (χ1n) is 6.54. The third-order valence-electron chi connectivity index (χ3n) is 3.44. The van der Waals surface area contributed by atoms with Crippen molar-refractivity contribution in [1.82, 2.24) is 9.38 Å². The number of hydrogen-bond donors (Lipinski definition) is 1. The highest BCUT2D eigenvalue weighted by molar-refractivity contribution is 6.30. The molecule has 2 heterocycles. The zero-order valence-electron chi connectivity index (χ0n) is 11.1. The standard InChI is InChI=1S/C16H13ClN2O2/c17-12-4-1-3-11(9-12)10-13(16(20)21)14-5-2-6-15-18-7-8-19(14)15/h1-9,13H,10H2,(H,20,21). The van der Waals surface area contributed by atoms with Gasteiger partial charge in [0.25, 0.3) is 0 Å². The molecule has 21 heavy (non-hydrogen) atoms. The number of halogens is 1. The van der Waals surface area contributed by atoms with Crippen LogP contribution in [0.15, 0.2) is 54.9 Å². The van der Waals surface area contributed by atoms with Crippen molar-refractivity contribution in [1.29, 1.82) is 0 Å². The van der Waals surface area contributed by atoms with Gasteiger partial charge >= 0.3 is 5.97 Å². The lowest BCUT2D eigenvalue weighted by atomic mass is 9.95. The number of carboxylic acids is 1. The molecule has 0 saturated heterocycles. The van der Waals surface area contributed by atoms with Crippen LogP contribution in [0, 0.1) is 0 Å². The van der Waals surface area contributed by atoms with Crippen LogP contribution < -0.4 is 0 Å². The third-order valence-corrected chi connectivity index (χ3v) is 3.68. The Morgan fingerprint density at radius 3 is 2.86 bits per heavy atom. The Hall–Kier alpha value is -2.33. The SMILES string of the molecule is O=C(O)C(Cc1cccc(Cl)c1)c1cccc2nccn12. The Balaban J connectivity index is 2.02. The first kappa shape index (κ1) is 13.6. The molecule has 2 aromatic heterocycles. The largest absolute Gasteiger partial charge is 0.481 e. The van der Waals surface area contributed by atoms with Crippen LogP contribution in [0.4, 0.5) is 0 Å². The fraction of sp³-hybridized carbons (Fsp3) is 0.125. The Morgan fingerprint density at radius 2 is 2.10 bits per heavy atom. The second-order valence-electron chi connectivity index (χ2n) is 4.83. The summed E-state index contributed by atoms with van der Waals surface area (Å²) >= 11 is 5.97. The van der Waals surface area contributed by atoms with Crippen molar-refractivity contribution in [2.24, 2.45) is 0 Å². The first-order chi connectivity index (χ1) is 10.1. The van der Waals surface area contributed by atoms with Crippen molar-refractivity contribution in [3.8, 4) is 0 Å². The van der Waals surface area contributed by atoms with Crippen LogP contribution in [-0.4, -0.2) is 20.5 Å². The molecule has 1 N–H and O–H groups in total. The Kier molecular flexibility index (Phi) is 3.62. The fourth-order valence-corrected chi connectivity index (χ4v) is 2.68. The molecule has 3 rings (SSSR count). The number of rotatable bonds is 4. The summed E-state index contributed by atoms with van der Waals surface area (Å²) in [5.74, 6) is -1.52. The third kappa shape index (κ3) is 2.76. The average molecular weight is 301 g/mol. The second kappa shape index (κ2) is 5.58. The summed E-state index contributed by atoms with van der Waals surface area (Å²) in [6.45, 7) is 0. The smallest absolute Gasteiger partial charge is 0.312 e. The highest BCUT2D eigenvalue weighted by Crippen LogP contribution is 2.23. The van der Waals surface area contributed by atoms with Crippen molar-refractivity contribution < 1.29 is 9.90 Å². The summed E-state index contributed by atoms with van der Waals surface area (Å²) in [4.78, 5) is 15.9. The average Bonchev–Trinajstić information content (AvgIpc) is 2.93. The molecule has 4 nitrogen and oxygen atoms in total. The second-order valence-corrected chi connectivity index (χ2v) is 5.27. The Morgan fingerprint density at radius 1 is 1.29 bits per heavy atom. The minimum Gasteiger partial charge on any atom is -0.481 e. The number of benzene rings is 1. The number of pyridine rings is 1. The van der Waals surface area contributed by atoms with Gasteiger partial charge in [-0.05, 0) is 36.2 Å². The quantitative estimate of drug-likeness (QED) is 0.803. The molecule has 1 atom stereocenters. The maximum atomic E-state index is 11.7. The molecule has 5 heteroatoms. The predicted molar refractivity (Wildman–Crippen MR) is 80.7 cm³/mol. The predicted octanol–water partition coefficient (Wildman–Crippen LogP) is 3.40. The lowest BCUT2D eigenvalue weighted by Gasteiger charge is -2.15. The summed E-state index contributed by atoms with van der Waals surface area (Å²) in [6.07, 6.45) is 3.82. The summed E-state index contributed by atoms with van der Waals surface area (Å²) in [5.41, 5.74) is 2.34. The molecule has 3 aromatic rings. The van der Waals surface area contributed by atoms with E-state index in [-0.39, 0.29) is 0 Å². The number of carboxylic acid groups (broad SMARTS) is 1. The van der Waals surface area contributed by atoms with Gasteiger partial charge < -0.3 is 9.51 Å². The van der Waals surface area contributed by atoms with Crippen LogP contribution in [-0.2, 0) is 11.2 Å². The van der Waals surface area contributed by atoms with E-state index in [1.54, 1.807) is 24.5 Å². The highest BCUT2D eigenvalue weighted by atomic mass is 35.5. The maximum Gasteiger partial charge on any atom is 0.312 e. The molecule has 0 aliphatic carbocycles. The molecule has 0 aliphatic rings. The molecular weight excluding hydrogens is 288 g/mol. The van der Waals surface area contributed by atoms with Crippen molar-refractivity contribution in [3.05, 3.63) is 71.1 Å². The van der Waals surface area contributed by atoms with E-state index in [1.165, 1.54) is 0 Å². The molecule has 0 amide bonds. The highest BCUT2D eigenvalue weighted by Gasteiger charge is 2.23. The van der Waals surface area contributed by atoms with Crippen molar-refractivity contribution in [2.45, 2.75) is 12.3 Å². The van der Waals surface area contributed by atoms with E-state index in [2.05, 4.69) is 4.98 Å². The zero-order chi connectivity index (χ0) is 14.8. The topological polar surface area (TPSA) is 54.6 Å². The zero-order valence-corrected chi connectivity index (χ0v) is 11.9. The molecule has 106 valence electrons. The maximum absolute atomic E-state index is 11.7. The number of carbonyl (C=O) groups is 1. The first-order valence-corrected chi connectivity index (χ1v) is 6.92. The van der Waals surface area contributed by atoms with Gasteiger partial charge in [0, 0.05) is 23.1 Å². The van der Waals surface area contributed by atoms with E-state index in [0.29, 0.717) is 17.1 Å². The Labute approximate surface area is 126 Å². The van der Waals surface area contributed by atoms with Gasteiger partial charge in [-0.15, -0.1) is 0 Å². The monoisotopic (exact) mass is 300 g/mol. The van der Waals surface area contributed by atoms with E-state index in [9.17, 15) is 9.90 Å². The Bertz CT molecular complexity index is 798. The van der Waals surface area contributed by atoms with Crippen LogP contribution >= 0.6 is 11.6 Å². The van der Waals surface area contributed by atoms with Crippen LogP contribution in [0.5, 0.6) is 0 Å². The number of fused-ring (bicyclic) bond motifs is 1. The summed E-state index contributed by atoms with van der Waals surface area (Å²) in [6, 6.07) is 12.8. The van der Waals surface area contributed by atoms with Crippen molar-refractivity contribution in [3.63, 3.8) is 0 Å². The fourth-order valence-electron chi connectivity index (χ4n) is 2.47. The molecule has 0 bridgehead atoms. The summed E-state index contributed by atoms with van der Waals surface area (Å²) in [5, 5.41) is 10.2. The van der Waals surface area contributed by atoms with Gasteiger partial charge in [0.05, 0.1) is 0 Å². The van der Waals surface area contributed by atoms with Gasteiger partial charge in [0.1, 0.15) is 11.6 Å². The molecule has 1 aromatic carbocycles. The molecule has 0 saturated carbocycles. The van der Waals surface area contributed by atoms with Gasteiger partial charge in [-0.25, -0.2) is 4.98 Å². The van der Waals surface area contributed by atoms with Crippen LogP contribution in [0.1, 0.15) is 17.2 Å². The number of nitrogens with zero attached hydrogens (tertiary/aromatic N) is 2. The van der Waals surface area contributed by atoms with E-state index < -0.39 is 11.9 Å². The van der Waals surface area contributed by atoms with E-state index >= 15 is 0 Å². The number of aromatic nitrogens is 2. The van der Waals surface area contributed by atoms with E-state index in [4.69, 9.17) is 11.6 Å². The molecule has 1 unspecified atom stereocenters. The molecule has 0 fully saturated rings. The number of aliphatic carboxylic acids is 1. The van der Waals surface area contributed by atoms with Gasteiger partial charge in [0.15, 0.2) is 0 Å². The summed E-state index contributed by atoms with van der Waals surface area (Å²) in [7, 11) is 0. The molecule has 0 radical (unpaired) electrons. The minimum absolute atomic E-state index is 0.382.